The van der Waals surface area contributed by atoms with Gasteiger partial charge in [0.1, 0.15) is 17.6 Å². The van der Waals surface area contributed by atoms with Crippen LogP contribution in [0.15, 0.2) is 82.2 Å². The lowest BCUT2D eigenvalue weighted by atomic mass is 9.93. The third kappa shape index (κ3) is 9.08. The number of hydrogen-bond donors (Lipinski definition) is 1. The van der Waals surface area contributed by atoms with Gasteiger partial charge in [0.05, 0.1) is 36.5 Å². The molecule has 51 heavy (non-hydrogen) atoms. The number of benzene rings is 3. The zero-order chi connectivity index (χ0) is 36.0. The number of ether oxygens (including phenoxy) is 2. The molecule has 0 spiro atoms. The van der Waals surface area contributed by atoms with Crippen molar-refractivity contribution in [2.45, 2.75) is 50.2 Å². The minimum absolute atomic E-state index is 0.00250. The topological polar surface area (TPSA) is 109 Å². The fraction of sp³-hybridized carbons (Fsp3) is 0.417. The summed E-state index contributed by atoms with van der Waals surface area (Å²) in [6.07, 6.45) is -0.743. The van der Waals surface area contributed by atoms with Crippen molar-refractivity contribution < 1.29 is 31.8 Å². The number of carbonyl (C=O) groups is 1. The number of aromatic nitrogens is 2. The van der Waals surface area contributed by atoms with Crippen molar-refractivity contribution in [1.29, 1.82) is 0 Å². The Morgan fingerprint density at radius 2 is 1.82 bits per heavy atom. The predicted molar refractivity (Wildman–Crippen MR) is 185 cm³/mol. The van der Waals surface area contributed by atoms with E-state index in [-0.39, 0.29) is 36.3 Å². The lowest BCUT2D eigenvalue weighted by Crippen LogP contribution is -2.41. The zero-order valence-corrected chi connectivity index (χ0v) is 28.4. The number of methoxy groups -OCH3 is 1. The van der Waals surface area contributed by atoms with Crippen molar-refractivity contribution in [2.24, 2.45) is 15.4 Å². The number of likely N-dealkylation sites (N-methyl/N-ethyl adjacent to an activating group) is 1. The summed E-state index contributed by atoms with van der Waals surface area (Å²) in [4.78, 5) is 22.5. The van der Waals surface area contributed by atoms with Crippen LogP contribution in [0.3, 0.4) is 0 Å². The summed E-state index contributed by atoms with van der Waals surface area (Å²) in [5, 5.41) is 15.0. The highest BCUT2D eigenvalue weighted by Gasteiger charge is 2.29. The molecule has 2 atom stereocenters. The number of nitrogens with one attached hydrogen (secondary N) is 1. The molecule has 0 radical (unpaired) electrons. The largest absolute Gasteiger partial charge is 0.522 e. The number of likely N-dealkylation sites (tertiary alicyclic amines) is 1. The molecule has 2 aliphatic rings. The Hall–Kier alpha value is -4.89. The van der Waals surface area contributed by atoms with Crippen molar-refractivity contribution in [3.63, 3.8) is 0 Å². The first kappa shape index (κ1) is 35.9. The van der Waals surface area contributed by atoms with Crippen LogP contribution >= 0.6 is 0 Å². The summed E-state index contributed by atoms with van der Waals surface area (Å²) >= 11 is 0. The van der Waals surface area contributed by atoms with Crippen LogP contribution in [0.5, 0.6) is 5.75 Å². The summed E-state index contributed by atoms with van der Waals surface area (Å²) in [5.74, 6) is 0.358. The SMILES string of the molecule is COc1ccc(C2C=NN=N2)cc1C(=O)N(C)CC(CCN1CCC(Nc2nc3ccccc3n2CCOC(F)(F)F)CC1)c1ccc(F)cc1. The first-order chi connectivity index (χ1) is 24.6. The van der Waals surface area contributed by atoms with E-state index in [1.807, 2.05) is 30.3 Å². The molecule has 0 aliphatic carbocycles. The molecule has 4 aromatic rings. The molecule has 0 bridgehead atoms. The summed E-state index contributed by atoms with van der Waals surface area (Å²) in [7, 11) is 3.27. The second-order valence-electron chi connectivity index (χ2n) is 12.7. The Bertz CT molecular complexity index is 1840. The lowest BCUT2D eigenvalue weighted by molar-refractivity contribution is -0.325. The van der Waals surface area contributed by atoms with Gasteiger partial charge >= 0.3 is 6.36 Å². The quantitative estimate of drug-likeness (QED) is 0.141. The van der Waals surface area contributed by atoms with Crippen molar-refractivity contribution in [1.82, 2.24) is 19.4 Å². The molecule has 270 valence electrons. The molecule has 3 aromatic carbocycles. The fourth-order valence-electron chi connectivity index (χ4n) is 6.64. The van der Waals surface area contributed by atoms with Gasteiger partial charge in [0.25, 0.3) is 5.91 Å². The average molecular weight is 709 g/mol. The van der Waals surface area contributed by atoms with Gasteiger partial charge in [-0.1, -0.05) is 30.3 Å². The lowest BCUT2D eigenvalue weighted by Gasteiger charge is -2.34. The Kier molecular flexibility index (Phi) is 11.3. The monoisotopic (exact) mass is 708 g/mol. The normalized spacial score (nSPS) is 17.3. The second-order valence-corrected chi connectivity index (χ2v) is 12.7. The van der Waals surface area contributed by atoms with E-state index in [0.717, 1.165) is 55.5 Å². The molecule has 6 rings (SSSR count). The van der Waals surface area contributed by atoms with Crippen molar-refractivity contribution >= 4 is 29.1 Å². The van der Waals surface area contributed by atoms with Gasteiger partial charge in [-0.05, 0) is 78.6 Å². The highest BCUT2D eigenvalue weighted by atomic mass is 19.4. The van der Waals surface area contributed by atoms with E-state index in [1.165, 1.54) is 19.2 Å². The Morgan fingerprint density at radius 1 is 1.06 bits per heavy atom. The summed E-state index contributed by atoms with van der Waals surface area (Å²) in [6, 6.07) is 18.8. The molecule has 1 aromatic heterocycles. The van der Waals surface area contributed by atoms with Crippen LogP contribution in [0.4, 0.5) is 23.5 Å². The Balaban J connectivity index is 1.08. The first-order valence-corrected chi connectivity index (χ1v) is 16.8. The van der Waals surface area contributed by atoms with Crippen LogP contribution < -0.4 is 10.1 Å². The maximum absolute atomic E-state index is 13.9. The molecule has 1 saturated heterocycles. The van der Waals surface area contributed by atoms with Gasteiger partial charge in [-0.3, -0.25) is 9.53 Å². The number of para-hydroxylation sites is 2. The van der Waals surface area contributed by atoms with Gasteiger partial charge in [-0.25, -0.2) is 9.37 Å². The molecule has 2 aliphatic heterocycles. The zero-order valence-electron chi connectivity index (χ0n) is 28.4. The molecule has 11 nitrogen and oxygen atoms in total. The number of fused-ring (bicyclic) bond motifs is 1. The molecule has 3 heterocycles. The Labute approximate surface area is 292 Å². The van der Waals surface area contributed by atoms with Crippen molar-refractivity contribution in [2.75, 3.05) is 52.3 Å². The van der Waals surface area contributed by atoms with Crippen LogP contribution in [0.25, 0.3) is 11.0 Å². The third-order valence-electron chi connectivity index (χ3n) is 9.36. The van der Waals surface area contributed by atoms with Crippen LogP contribution in [0, 0.1) is 5.82 Å². The molecule has 1 amide bonds. The number of amides is 1. The highest BCUT2D eigenvalue weighted by molar-refractivity contribution is 5.97. The number of nitrogens with zero attached hydrogens (tertiary/aromatic N) is 7. The van der Waals surface area contributed by atoms with E-state index in [9.17, 15) is 22.4 Å². The van der Waals surface area contributed by atoms with Crippen LogP contribution in [-0.2, 0) is 11.3 Å². The summed E-state index contributed by atoms with van der Waals surface area (Å²) in [5.41, 5.74) is 3.55. The van der Waals surface area contributed by atoms with Gasteiger partial charge in [0.2, 0.25) is 5.95 Å². The second kappa shape index (κ2) is 16.0. The number of piperidine rings is 1. The smallest absolute Gasteiger partial charge is 0.496 e. The number of alkyl halides is 3. The van der Waals surface area contributed by atoms with Crippen molar-refractivity contribution in [3.05, 3.63) is 89.2 Å². The maximum Gasteiger partial charge on any atom is 0.522 e. The molecular weight excluding hydrogens is 668 g/mol. The van der Waals surface area contributed by atoms with Gasteiger partial charge in [-0.15, -0.1) is 18.3 Å². The van der Waals surface area contributed by atoms with Crippen molar-refractivity contribution in [3.8, 4) is 5.75 Å². The Morgan fingerprint density at radius 3 is 2.53 bits per heavy atom. The van der Waals surface area contributed by atoms with Crippen LogP contribution in [0.1, 0.15) is 52.7 Å². The molecule has 2 unspecified atom stereocenters. The molecule has 0 saturated carbocycles. The number of anilines is 1. The van der Waals surface area contributed by atoms with Gasteiger partial charge in [-0.2, -0.15) is 5.11 Å². The standard InChI is InChI=1S/C36H40F4N8O3/c1-46(34(49)29-21-25(9-12-33(29)50-2)31-22-41-45-44-31)23-26(24-7-10-27(37)11-8-24)13-16-47-17-14-28(15-18-47)42-35-43-30-5-3-4-6-32(30)48(35)19-20-51-36(38,39)40/h3-12,21-22,26,28,31H,13-20,23H2,1-2H3,(H,42,43). The number of carbonyl (C=O) groups excluding carboxylic acids is 1. The predicted octanol–water partition coefficient (Wildman–Crippen LogP) is 7.04. The molecular formula is C36H40F4N8O3. The van der Waals surface area contributed by atoms with E-state index in [0.29, 0.717) is 29.3 Å². The highest BCUT2D eigenvalue weighted by Crippen LogP contribution is 2.30. The van der Waals surface area contributed by atoms with E-state index < -0.39 is 13.0 Å². The van der Waals surface area contributed by atoms with E-state index in [1.54, 1.807) is 47.0 Å². The summed E-state index contributed by atoms with van der Waals surface area (Å²) in [6.45, 7) is 2.24. The molecule has 1 fully saturated rings. The first-order valence-electron chi connectivity index (χ1n) is 16.8. The summed E-state index contributed by atoms with van der Waals surface area (Å²) < 4.78 is 63.2. The molecule has 1 N–H and O–H groups in total. The van der Waals surface area contributed by atoms with Gasteiger partial charge < -0.3 is 24.4 Å². The third-order valence-corrected chi connectivity index (χ3v) is 9.36. The molecule has 15 heteroatoms. The van der Waals surface area contributed by atoms with E-state index in [4.69, 9.17) is 4.74 Å². The minimum atomic E-state index is -4.70. The number of halogens is 4. The van der Waals surface area contributed by atoms with E-state index >= 15 is 0 Å². The maximum atomic E-state index is 13.9. The van der Waals surface area contributed by atoms with Crippen LogP contribution in [0.2, 0.25) is 0 Å². The number of imidazole rings is 1. The van der Waals surface area contributed by atoms with E-state index in [2.05, 4.69) is 35.4 Å². The number of hydrogen-bond acceptors (Lipinski definition) is 9. The van der Waals surface area contributed by atoms with Gasteiger partial charge in [0, 0.05) is 45.2 Å². The minimum Gasteiger partial charge on any atom is -0.496 e. The van der Waals surface area contributed by atoms with Gasteiger partial charge in [0.15, 0.2) is 0 Å². The fourth-order valence-corrected chi connectivity index (χ4v) is 6.64. The van der Waals surface area contributed by atoms with Crippen LogP contribution in [-0.4, -0.2) is 90.8 Å². The number of rotatable bonds is 14. The average Bonchev–Trinajstić information content (AvgIpc) is 3.79.